The first kappa shape index (κ1) is 16.4. The molecule has 4 heteroatoms. The van der Waals surface area contributed by atoms with Crippen molar-refractivity contribution in [2.24, 2.45) is 5.92 Å². The summed E-state index contributed by atoms with van der Waals surface area (Å²) in [6.07, 6.45) is 1.83. The third-order valence-corrected chi connectivity index (χ3v) is 3.11. The molecule has 0 bridgehead atoms. The van der Waals surface area contributed by atoms with Crippen LogP contribution < -0.4 is 5.32 Å². The van der Waals surface area contributed by atoms with Gasteiger partial charge in [0.15, 0.2) is 0 Å². The fourth-order valence-electron chi connectivity index (χ4n) is 1.68. The lowest BCUT2D eigenvalue weighted by Gasteiger charge is -2.14. The normalized spacial score (nSPS) is 13.4. The Kier molecular flexibility index (Phi) is 6.39. The van der Waals surface area contributed by atoms with E-state index in [2.05, 4.69) is 5.32 Å². The molecule has 0 radical (unpaired) electrons. The summed E-state index contributed by atoms with van der Waals surface area (Å²) in [4.78, 5) is 11.8. The summed E-state index contributed by atoms with van der Waals surface area (Å²) in [5.41, 5.74) is 1.33. The molecular weight excluding hydrogens is 257 g/mol. The van der Waals surface area contributed by atoms with Crippen LogP contribution in [0.25, 0.3) is 6.08 Å². The smallest absolute Gasteiger partial charge is 0.246 e. The standard InChI is InChI=1S/C16H22FNO2/c1-11(2)15(19)8-9-18-16(20)12(3)10-13-4-6-14(17)7-5-13/h4-7,10-11,15,19H,8-9H2,1-3H3,(H,18,20). The summed E-state index contributed by atoms with van der Waals surface area (Å²) in [6.45, 7) is 6.02. The van der Waals surface area contributed by atoms with E-state index in [0.29, 0.717) is 18.5 Å². The minimum absolute atomic E-state index is 0.176. The fourth-order valence-corrected chi connectivity index (χ4v) is 1.68. The van der Waals surface area contributed by atoms with Crippen LogP contribution in [0.15, 0.2) is 29.8 Å². The number of aliphatic hydroxyl groups excluding tert-OH is 1. The van der Waals surface area contributed by atoms with Crippen LogP contribution in [0.1, 0.15) is 32.8 Å². The van der Waals surface area contributed by atoms with Gasteiger partial charge in [-0.25, -0.2) is 4.39 Å². The molecule has 0 aliphatic rings. The van der Waals surface area contributed by atoms with E-state index in [0.717, 1.165) is 5.56 Å². The summed E-state index contributed by atoms with van der Waals surface area (Å²) in [5, 5.41) is 12.4. The number of hydrogen-bond donors (Lipinski definition) is 2. The zero-order chi connectivity index (χ0) is 15.1. The van der Waals surface area contributed by atoms with Gasteiger partial charge in [0, 0.05) is 12.1 Å². The summed E-state index contributed by atoms with van der Waals surface area (Å²) in [6, 6.07) is 5.95. The molecule has 110 valence electrons. The third kappa shape index (κ3) is 5.53. The van der Waals surface area contributed by atoms with Crippen LogP contribution in [0.3, 0.4) is 0 Å². The zero-order valence-electron chi connectivity index (χ0n) is 12.2. The highest BCUT2D eigenvalue weighted by Gasteiger charge is 2.10. The molecule has 0 fully saturated rings. The maximum atomic E-state index is 12.8. The van der Waals surface area contributed by atoms with Gasteiger partial charge < -0.3 is 10.4 Å². The summed E-state index contributed by atoms with van der Waals surface area (Å²) in [5.74, 6) is -0.292. The Labute approximate surface area is 119 Å². The van der Waals surface area contributed by atoms with E-state index in [1.807, 2.05) is 13.8 Å². The van der Waals surface area contributed by atoms with Gasteiger partial charge in [-0.15, -0.1) is 0 Å². The van der Waals surface area contributed by atoms with E-state index in [4.69, 9.17) is 0 Å². The van der Waals surface area contributed by atoms with E-state index in [1.165, 1.54) is 12.1 Å². The number of rotatable bonds is 6. The first-order chi connectivity index (χ1) is 9.40. The molecule has 20 heavy (non-hydrogen) atoms. The highest BCUT2D eigenvalue weighted by Crippen LogP contribution is 2.08. The second-order valence-corrected chi connectivity index (χ2v) is 5.23. The average Bonchev–Trinajstić information content (AvgIpc) is 2.40. The van der Waals surface area contributed by atoms with Crippen molar-refractivity contribution in [1.82, 2.24) is 5.32 Å². The fraction of sp³-hybridized carbons (Fsp3) is 0.438. The monoisotopic (exact) mass is 279 g/mol. The van der Waals surface area contributed by atoms with Gasteiger partial charge in [-0.3, -0.25) is 4.79 Å². The molecule has 0 saturated carbocycles. The molecule has 1 aromatic carbocycles. The molecule has 1 aromatic rings. The van der Waals surface area contributed by atoms with Crippen molar-refractivity contribution >= 4 is 12.0 Å². The number of hydrogen-bond acceptors (Lipinski definition) is 2. The SMILES string of the molecule is CC(=Cc1ccc(F)cc1)C(=O)NCCC(O)C(C)C. The minimum atomic E-state index is -0.406. The molecule has 1 rings (SSSR count). The second kappa shape index (κ2) is 7.80. The summed E-state index contributed by atoms with van der Waals surface area (Å²) in [7, 11) is 0. The van der Waals surface area contributed by atoms with Gasteiger partial charge in [0.1, 0.15) is 5.82 Å². The van der Waals surface area contributed by atoms with Crippen molar-refractivity contribution in [2.75, 3.05) is 6.54 Å². The van der Waals surface area contributed by atoms with Gasteiger partial charge in [0.2, 0.25) is 5.91 Å². The number of amides is 1. The summed E-state index contributed by atoms with van der Waals surface area (Å²) < 4.78 is 12.8. The van der Waals surface area contributed by atoms with Crippen molar-refractivity contribution in [3.8, 4) is 0 Å². The molecule has 3 nitrogen and oxygen atoms in total. The van der Waals surface area contributed by atoms with Gasteiger partial charge in [-0.05, 0) is 43.0 Å². The number of halogens is 1. The van der Waals surface area contributed by atoms with Gasteiger partial charge in [0.25, 0.3) is 0 Å². The molecule has 0 saturated heterocycles. The quantitative estimate of drug-likeness (QED) is 0.787. The van der Waals surface area contributed by atoms with Gasteiger partial charge >= 0.3 is 0 Å². The minimum Gasteiger partial charge on any atom is -0.393 e. The highest BCUT2D eigenvalue weighted by molar-refractivity contribution is 5.97. The summed E-state index contributed by atoms with van der Waals surface area (Å²) >= 11 is 0. The van der Waals surface area contributed by atoms with Gasteiger partial charge in [-0.2, -0.15) is 0 Å². The molecule has 1 atom stereocenters. The highest BCUT2D eigenvalue weighted by atomic mass is 19.1. The lowest BCUT2D eigenvalue weighted by atomic mass is 10.0. The molecular formula is C16H22FNO2. The van der Waals surface area contributed by atoms with Crippen LogP contribution in [0.5, 0.6) is 0 Å². The predicted octanol–water partition coefficient (Wildman–Crippen LogP) is 2.75. The Morgan fingerprint density at radius 3 is 2.50 bits per heavy atom. The Bertz CT molecular complexity index is 466. The van der Waals surface area contributed by atoms with Crippen molar-refractivity contribution in [3.05, 3.63) is 41.2 Å². The first-order valence-corrected chi connectivity index (χ1v) is 6.80. The van der Waals surface area contributed by atoms with Crippen molar-refractivity contribution in [2.45, 2.75) is 33.3 Å². The second-order valence-electron chi connectivity index (χ2n) is 5.23. The van der Waals surface area contributed by atoms with E-state index in [9.17, 15) is 14.3 Å². The van der Waals surface area contributed by atoms with Crippen molar-refractivity contribution < 1.29 is 14.3 Å². The predicted molar refractivity (Wildman–Crippen MR) is 78.5 cm³/mol. The third-order valence-electron chi connectivity index (χ3n) is 3.11. The van der Waals surface area contributed by atoms with Crippen LogP contribution in [0, 0.1) is 11.7 Å². The molecule has 0 spiro atoms. The topological polar surface area (TPSA) is 49.3 Å². The Hall–Kier alpha value is -1.68. The van der Waals surface area contributed by atoms with Gasteiger partial charge in [-0.1, -0.05) is 26.0 Å². The largest absolute Gasteiger partial charge is 0.393 e. The van der Waals surface area contributed by atoms with Gasteiger partial charge in [0.05, 0.1) is 6.10 Å². The van der Waals surface area contributed by atoms with Crippen molar-refractivity contribution in [1.29, 1.82) is 0 Å². The number of aliphatic hydroxyl groups is 1. The van der Waals surface area contributed by atoms with Crippen LogP contribution >= 0.6 is 0 Å². The number of carbonyl (C=O) groups is 1. The lowest BCUT2D eigenvalue weighted by molar-refractivity contribution is -0.117. The molecule has 1 unspecified atom stereocenters. The maximum Gasteiger partial charge on any atom is 0.246 e. The molecule has 0 heterocycles. The Morgan fingerprint density at radius 2 is 1.95 bits per heavy atom. The molecule has 0 aliphatic carbocycles. The first-order valence-electron chi connectivity index (χ1n) is 6.80. The number of benzene rings is 1. The Morgan fingerprint density at radius 1 is 1.35 bits per heavy atom. The van der Waals surface area contributed by atoms with Crippen LogP contribution in [0.2, 0.25) is 0 Å². The lowest BCUT2D eigenvalue weighted by Crippen LogP contribution is -2.29. The number of carbonyl (C=O) groups excluding carboxylic acids is 1. The van der Waals surface area contributed by atoms with E-state index < -0.39 is 6.10 Å². The molecule has 0 aromatic heterocycles. The van der Waals surface area contributed by atoms with E-state index in [-0.39, 0.29) is 17.6 Å². The molecule has 1 amide bonds. The zero-order valence-corrected chi connectivity index (χ0v) is 12.2. The van der Waals surface area contributed by atoms with Crippen molar-refractivity contribution in [3.63, 3.8) is 0 Å². The number of nitrogens with one attached hydrogen (secondary N) is 1. The average molecular weight is 279 g/mol. The molecule has 0 aliphatic heterocycles. The Balaban J connectivity index is 2.48. The van der Waals surface area contributed by atoms with Crippen LogP contribution in [-0.4, -0.2) is 23.7 Å². The van der Waals surface area contributed by atoms with Crippen LogP contribution in [0.4, 0.5) is 4.39 Å². The van der Waals surface area contributed by atoms with E-state index >= 15 is 0 Å². The van der Waals surface area contributed by atoms with Crippen LogP contribution in [-0.2, 0) is 4.79 Å². The maximum absolute atomic E-state index is 12.8. The molecule has 2 N–H and O–H groups in total. The van der Waals surface area contributed by atoms with E-state index in [1.54, 1.807) is 25.1 Å².